The van der Waals surface area contributed by atoms with Crippen LogP contribution in [0.1, 0.15) is 0 Å². The average molecular weight is 227 g/mol. The predicted octanol–water partition coefficient (Wildman–Crippen LogP) is -0.338. The van der Waals surface area contributed by atoms with E-state index in [1.165, 1.54) is 0 Å². The number of amides is 2. The summed E-state index contributed by atoms with van der Waals surface area (Å²) >= 11 is 1.61. The molecule has 5 nitrogen and oxygen atoms in total. The minimum atomic E-state index is -0.773. The van der Waals surface area contributed by atoms with Gasteiger partial charge in [0, 0.05) is 18.1 Å². The Bertz CT molecular complexity index is 273. The van der Waals surface area contributed by atoms with Crippen LogP contribution in [0.25, 0.3) is 0 Å². The highest BCUT2D eigenvalue weighted by Gasteiger charge is 2.10. The zero-order valence-corrected chi connectivity index (χ0v) is 9.10. The third-order valence-electron chi connectivity index (χ3n) is 1.30. The number of nitrogens with zero attached hydrogens (tertiary/aromatic N) is 1. The Labute approximate surface area is 92.9 Å². The van der Waals surface area contributed by atoms with Crippen LogP contribution >= 0.6 is 11.8 Å². The van der Waals surface area contributed by atoms with Crippen molar-refractivity contribution >= 4 is 23.6 Å². The fourth-order valence-electron chi connectivity index (χ4n) is 0.684. The van der Waals surface area contributed by atoms with Gasteiger partial charge in [0.1, 0.15) is 6.54 Å². The summed E-state index contributed by atoms with van der Waals surface area (Å²) in [6.07, 6.45) is 1.77. The molecule has 6 heteroatoms. The first-order valence-corrected chi connectivity index (χ1v) is 5.49. The van der Waals surface area contributed by atoms with Gasteiger partial charge >= 0.3 is 11.8 Å². The lowest BCUT2D eigenvalue weighted by molar-refractivity contribution is -0.138. The molecular formula is C9H13N3O2S. The van der Waals surface area contributed by atoms with Crippen molar-refractivity contribution in [3.05, 3.63) is 12.7 Å². The smallest absolute Gasteiger partial charge is 0.310 e. The summed E-state index contributed by atoms with van der Waals surface area (Å²) in [7, 11) is 0. The number of carbonyl (C=O) groups is 2. The maximum absolute atomic E-state index is 11.0. The number of nitriles is 1. The van der Waals surface area contributed by atoms with E-state index in [9.17, 15) is 9.59 Å². The lowest BCUT2D eigenvalue weighted by Crippen LogP contribution is -2.40. The van der Waals surface area contributed by atoms with Gasteiger partial charge in [-0.2, -0.15) is 17.0 Å². The molecule has 0 spiro atoms. The van der Waals surface area contributed by atoms with Crippen LogP contribution < -0.4 is 10.6 Å². The number of nitrogens with one attached hydrogen (secondary N) is 2. The van der Waals surface area contributed by atoms with Crippen LogP contribution in [0.15, 0.2) is 12.7 Å². The summed E-state index contributed by atoms with van der Waals surface area (Å²) in [4.78, 5) is 21.9. The lowest BCUT2D eigenvalue weighted by Gasteiger charge is -2.03. The first-order chi connectivity index (χ1) is 7.22. The third-order valence-corrected chi connectivity index (χ3v) is 2.27. The van der Waals surface area contributed by atoms with Crippen LogP contribution in [0.5, 0.6) is 0 Å². The second-order valence-corrected chi connectivity index (χ2v) is 3.61. The molecule has 0 heterocycles. The summed E-state index contributed by atoms with van der Waals surface area (Å²) in [6.45, 7) is 3.83. The number of hydrogen-bond donors (Lipinski definition) is 2. The monoisotopic (exact) mass is 227 g/mol. The van der Waals surface area contributed by atoms with Gasteiger partial charge in [-0.15, -0.1) is 6.58 Å². The summed E-state index contributed by atoms with van der Waals surface area (Å²) < 4.78 is 0. The highest BCUT2D eigenvalue weighted by molar-refractivity contribution is 7.99. The molecule has 0 fully saturated rings. The standard InChI is InChI=1S/C9H13N3O2S/c1-2-6-15-7-5-12-9(14)8(13)11-4-3-10/h2H,1,4-7H2,(H,11,13)(H,12,14). The number of carbonyl (C=O) groups excluding carboxylic acids is 2. The molecule has 2 N–H and O–H groups in total. The Morgan fingerprint density at radius 1 is 1.40 bits per heavy atom. The van der Waals surface area contributed by atoms with E-state index in [1.807, 2.05) is 0 Å². The normalized spacial score (nSPS) is 8.73. The van der Waals surface area contributed by atoms with Crippen molar-refractivity contribution in [2.45, 2.75) is 0 Å². The molecule has 0 aliphatic rings. The molecule has 0 unspecified atom stereocenters. The third kappa shape index (κ3) is 7.58. The first-order valence-electron chi connectivity index (χ1n) is 4.34. The van der Waals surface area contributed by atoms with Crippen LogP contribution in [-0.2, 0) is 9.59 Å². The zero-order chi connectivity index (χ0) is 11.5. The van der Waals surface area contributed by atoms with Crippen molar-refractivity contribution in [1.29, 1.82) is 5.26 Å². The van der Waals surface area contributed by atoms with Gasteiger partial charge in [0.05, 0.1) is 6.07 Å². The van der Waals surface area contributed by atoms with Gasteiger partial charge in [-0.1, -0.05) is 6.08 Å². The van der Waals surface area contributed by atoms with Crippen molar-refractivity contribution in [1.82, 2.24) is 10.6 Å². The van der Waals surface area contributed by atoms with Crippen molar-refractivity contribution < 1.29 is 9.59 Å². The molecular weight excluding hydrogens is 214 g/mol. The van der Waals surface area contributed by atoms with Crippen LogP contribution in [0.2, 0.25) is 0 Å². The molecule has 0 aromatic carbocycles. The molecule has 0 saturated heterocycles. The maximum atomic E-state index is 11.0. The van der Waals surface area contributed by atoms with E-state index < -0.39 is 11.8 Å². The van der Waals surface area contributed by atoms with Crippen molar-refractivity contribution in [2.75, 3.05) is 24.6 Å². The summed E-state index contributed by atoms with van der Waals surface area (Å²) in [6, 6.07) is 1.71. The molecule has 0 bridgehead atoms. The highest BCUT2D eigenvalue weighted by Crippen LogP contribution is 1.96. The van der Waals surface area contributed by atoms with Gasteiger partial charge in [-0.05, 0) is 0 Å². The van der Waals surface area contributed by atoms with E-state index in [0.717, 1.165) is 11.5 Å². The summed E-state index contributed by atoms with van der Waals surface area (Å²) in [5.74, 6) is 0.0644. The molecule has 0 aliphatic heterocycles. The van der Waals surface area contributed by atoms with Gasteiger partial charge in [0.25, 0.3) is 0 Å². The Kier molecular flexibility index (Phi) is 8.19. The minimum absolute atomic E-state index is 0.155. The zero-order valence-electron chi connectivity index (χ0n) is 8.28. The molecule has 0 saturated carbocycles. The molecule has 0 atom stereocenters. The number of rotatable bonds is 6. The highest BCUT2D eigenvalue weighted by atomic mass is 32.2. The van der Waals surface area contributed by atoms with Crippen molar-refractivity contribution in [3.8, 4) is 6.07 Å². The summed E-state index contributed by atoms with van der Waals surface area (Å²) in [5.41, 5.74) is 0. The number of hydrogen-bond acceptors (Lipinski definition) is 4. The molecule has 0 aromatic heterocycles. The average Bonchev–Trinajstić information content (AvgIpc) is 2.25. The van der Waals surface area contributed by atoms with Crippen LogP contribution in [-0.4, -0.2) is 36.4 Å². The van der Waals surface area contributed by atoms with Gasteiger partial charge in [-0.3, -0.25) is 9.59 Å². The fraction of sp³-hybridized carbons (Fsp3) is 0.444. The largest absolute Gasteiger partial charge is 0.347 e. The van der Waals surface area contributed by atoms with E-state index >= 15 is 0 Å². The van der Waals surface area contributed by atoms with E-state index in [0.29, 0.717) is 6.54 Å². The lowest BCUT2D eigenvalue weighted by atomic mass is 10.5. The fourth-order valence-corrected chi connectivity index (χ4v) is 1.26. The van der Waals surface area contributed by atoms with Crippen molar-refractivity contribution in [3.63, 3.8) is 0 Å². The molecule has 82 valence electrons. The summed E-state index contributed by atoms with van der Waals surface area (Å²) in [5, 5.41) is 12.7. The Morgan fingerprint density at radius 3 is 2.67 bits per heavy atom. The van der Waals surface area contributed by atoms with Gasteiger partial charge in [-0.25, -0.2) is 0 Å². The van der Waals surface area contributed by atoms with Gasteiger partial charge < -0.3 is 10.6 Å². The van der Waals surface area contributed by atoms with E-state index in [2.05, 4.69) is 17.2 Å². The maximum Gasteiger partial charge on any atom is 0.310 e. The van der Waals surface area contributed by atoms with E-state index in [1.54, 1.807) is 23.9 Å². The second-order valence-electron chi connectivity index (χ2n) is 2.46. The quantitative estimate of drug-likeness (QED) is 0.281. The predicted molar refractivity (Wildman–Crippen MR) is 59.2 cm³/mol. The van der Waals surface area contributed by atoms with Crippen LogP contribution in [0, 0.1) is 11.3 Å². The second kappa shape index (κ2) is 9.09. The van der Waals surface area contributed by atoms with E-state index in [4.69, 9.17) is 5.26 Å². The molecule has 2 amide bonds. The Balaban J connectivity index is 3.52. The van der Waals surface area contributed by atoms with Gasteiger partial charge in [0.15, 0.2) is 0 Å². The van der Waals surface area contributed by atoms with Crippen molar-refractivity contribution in [2.24, 2.45) is 0 Å². The minimum Gasteiger partial charge on any atom is -0.347 e. The Morgan fingerprint density at radius 2 is 2.07 bits per heavy atom. The van der Waals surface area contributed by atoms with Crippen LogP contribution in [0.3, 0.4) is 0 Å². The number of thioether (sulfide) groups is 1. The van der Waals surface area contributed by atoms with E-state index in [-0.39, 0.29) is 6.54 Å². The SMILES string of the molecule is C=CCSCCNC(=O)C(=O)NCC#N. The first kappa shape index (κ1) is 13.5. The Hall–Kier alpha value is -1.48. The van der Waals surface area contributed by atoms with Crippen LogP contribution in [0.4, 0.5) is 0 Å². The molecule has 0 radical (unpaired) electrons. The molecule has 0 aromatic rings. The molecule has 0 aliphatic carbocycles. The topological polar surface area (TPSA) is 82.0 Å². The molecule has 0 rings (SSSR count). The van der Waals surface area contributed by atoms with Gasteiger partial charge in [0.2, 0.25) is 0 Å². The molecule has 15 heavy (non-hydrogen) atoms.